The lowest BCUT2D eigenvalue weighted by atomic mass is 10.1. The summed E-state index contributed by atoms with van der Waals surface area (Å²) in [6.45, 7) is 0. The van der Waals surface area contributed by atoms with Crippen molar-refractivity contribution in [1.29, 1.82) is 0 Å². The molecule has 0 atom stereocenters. The van der Waals surface area contributed by atoms with E-state index in [4.69, 9.17) is 4.74 Å². The average molecular weight is 803 g/mol. The fraction of sp³-hybridized carbons (Fsp3) is 0. The second kappa shape index (κ2) is 16.8. The van der Waals surface area contributed by atoms with Crippen molar-refractivity contribution < 1.29 is 4.74 Å². The molecule has 53 heavy (non-hydrogen) atoms. The van der Waals surface area contributed by atoms with E-state index in [0.717, 1.165) is 16.0 Å². The van der Waals surface area contributed by atoms with Gasteiger partial charge in [0.2, 0.25) is 0 Å². The first-order valence-corrected chi connectivity index (χ1v) is 20.9. The van der Waals surface area contributed by atoms with Crippen LogP contribution in [0.3, 0.4) is 0 Å². The first kappa shape index (κ1) is 35.1. The molecule has 0 unspecified atom stereocenters. The predicted molar refractivity (Wildman–Crippen MR) is 228 cm³/mol. The Hall–Kier alpha value is -4.91. The van der Waals surface area contributed by atoms with Gasteiger partial charge in [-0.2, -0.15) is 0 Å². The van der Waals surface area contributed by atoms with Gasteiger partial charge in [0.25, 0.3) is 0 Å². The molecule has 0 heterocycles. The first-order chi connectivity index (χ1) is 26.1. The van der Waals surface area contributed by atoms with Crippen LogP contribution in [0.1, 0.15) is 0 Å². The maximum absolute atomic E-state index is 6.17. The normalized spacial score (nSPS) is 11.1. The second-order valence-corrected chi connectivity index (χ2v) is 17.5. The fourth-order valence-corrected chi connectivity index (χ4v) is 9.88. The van der Waals surface area contributed by atoms with Crippen molar-refractivity contribution in [2.24, 2.45) is 0 Å². The number of halogens is 1. The van der Waals surface area contributed by atoms with Crippen molar-refractivity contribution >= 4 is 50.3 Å². The van der Waals surface area contributed by atoms with Crippen molar-refractivity contribution in [1.82, 2.24) is 0 Å². The summed E-state index contributed by atoms with van der Waals surface area (Å²) in [4.78, 5) is 8.66. The molecule has 0 aliphatic rings. The maximum Gasteiger partial charge on any atom is 0.166 e. The van der Waals surface area contributed by atoms with Gasteiger partial charge in [-0.1, -0.05) is 124 Å². The van der Waals surface area contributed by atoms with Crippen molar-refractivity contribution in [3.63, 3.8) is 0 Å². The Balaban J connectivity index is 1.02. The average Bonchev–Trinajstić information content (AvgIpc) is 3.22. The Morgan fingerprint density at radius 2 is 0.623 bits per heavy atom. The molecule has 0 N–H and O–H groups in total. The van der Waals surface area contributed by atoms with Crippen LogP contribution in [0.25, 0.3) is 22.3 Å². The highest BCUT2D eigenvalue weighted by molar-refractivity contribution is 9.10. The van der Waals surface area contributed by atoms with Gasteiger partial charge in [0.1, 0.15) is 11.5 Å². The highest BCUT2D eigenvalue weighted by atomic mass is 79.9. The highest BCUT2D eigenvalue weighted by Crippen LogP contribution is 2.38. The Morgan fingerprint density at radius 1 is 0.321 bits per heavy atom. The Kier molecular flexibility index (Phi) is 11.2. The molecule has 0 aliphatic carbocycles. The summed E-state index contributed by atoms with van der Waals surface area (Å²) >= 11 is 7.09. The molecule has 0 aromatic heterocycles. The molecule has 0 saturated carbocycles. The van der Waals surface area contributed by atoms with Gasteiger partial charge in [0, 0.05) is 24.1 Å². The summed E-state index contributed by atoms with van der Waals surface area (Å²) in [5.74, 6) is 1.63. The molecular formula is C48H34BrOS3+. The molecule has 256 valence electrons. The number of rotatable bonds is 11. The van der Waals surface area contributed by atoms with E-state index >= 15 is 0 Å². The van der Waals surface area contributed by atoms with Crippen LogP contribution in [0.15, 0.2) is 245 Å². The smallest absolute Gasteiger partial charge is 0.166 e. The van der Waals surface area contributed by atoms with Crippen LogP contribution in [-0.4, -0.2) is 0 Å². The van der Waals surface area contributed by atoms with E-state index in [0.29, 0.717) is 0 Å². The van der Waals surface area contributed by atoms with Gasteiger partial charge < -0.3 is 4.74 Å². The lowest BCUT2D eigenvalue weighted by Gasteiger charge is -2.11. The van der Waals surface area contributed by atoms with E-state index in [9.17, 15) is 0 Å². The zero-order chi connectivity index (χ0) is 35.8. The number of benzene rings is 8. The van der Waals surface area contributed by atoms with Gasteiger partial charge in [-0.15, -0.1) is 0 Å². The molecule has 1 nitrogen and oxygen atoms in total. The van der Waals surface area contributed by atoms with Gasteiger partial charge >= 0.3 is 0 Å². The number of hydrogen-bond acceptors (Lipinski definition) is 3. The topological polar surface area (TPSA) is 9.23 Å². The fourth-order valence-electron chi connectivity index (χ4n) is 5.94. The van der Waals surface area contributed by atoms with Crippen molar-refractivity contribution in [3.05, 3.63) is 211 Å². The third-order valence-electron chi connectivity index (χ3n) is 8.62. The number of ether oxygens (including phenoxy) is 1. The summed E-state index contributed by atoms with van der Waals surface area (Å²) in [6, 6.07) is 73.3. The van der Waals surface area contributed by atoms with Crippen LogP contribution in [-0.2, 0) is 10.9 Å². The van der Waals surface area contributed by atoms with Gasteiger partial charge in [0.05, 0.1) is 10.9 Å². The molecule has 0 saturated heterocycles. The maximum atomic E-state index is 6.17. The second-order valence-electron chi connectivity index (χ2n) is 12.3. The third-order valence-corrected chi connectivity index (χ3v) is 13.4. The Bertz CT molecular complexity index is 2230. The molecule has 0 spiro atoms. The zero-order valence-electron chi connectivity index (χ0n) is 28.6. The van der Waals surface area contributed by atoms with E-state index in [1.807, 2.05) is 24.3 Å². The SMILES string of the molecule is Brc1ccc(Oc2ccc([S+](c3ccc(Sc4ccc(-c5ccccc5)cc4)cc3)c3ccc(Sc4ccc(-c5ccccc5)cc4)cc3)cc2)cc1. The Morgan fingerprint density at radius 3 is 1.00 bits per heavy atom. The molecule has 0 fully saturated rings. The first-order valence-electron chi connectivity index (χ1n) is 17.3. The monoisotopic (exact) mass is 801 g/mol. The van der Waals surface area contributed by atoms with Crippen LogP contribution in [0, 0.1) is 0 Å². The summed E-state index contributed by atoms with van der Waals surface area (Å²) < 4.78 is 7.19. The highest BCUT2D eigenvalue weighted by Gasteiger charge is 2.29. The molecular weight excluding hydrogens is 769 g/mol. The van der Waals surface area contributed by atoms with Crippen LogP contribution in [0.4, 0.5) is 0 Å². The van der Waals surface area contributed by atoms with Crippen LogP contribution >= 0.6 is 39.5 Å². The molecule has 0 bridgehead atoms. The standard InChI is InChI=1S/C48H34BrOS3/c49-39-15-17-40(18-16-39)50-41-19-29-46(30-20-41)53(47-31-25-44(26-32-47)51-42-21-11-37(12-22-42)35-7-3-1-4-8-35)48-33-27-45(28-34-48)52-43-23-13-38(14-24-43)36-9-5-2-6-10-36/h1-34H/q+1. The van der Waals surface area contributed by atoms with Crippen LogP contribution in [0.5, 0.6) is 11.5 Å². The van der Waals surface area contributed by atoms with E-state index < -0.39 is 0 Å². The van der Waals surface area contributed by atoms with Gasteiger partial charge in [-0.05, 0) is 144 Å². The summed E-state index contributed by atoms with van der Waals surface area (Å²) in [5, 5.41) is 0. The van der Waals surface area contributed by atoms with Crippen LogP contribution in [0.2, 0.25) is 0 Å². The largest absolute Gasteiger partial charge is 0.457 e. The number of hydrogen-bond donors (Lipinski definition) is 0. The predicted octanol–water partition coefficient (Wildman–Crippen LogP) is 15.0. The molecule has 0 amide bonds. The van der Waals surface area contributed by atoms with Crippen molar-refractivity contribution in [3.8, 4) is 33.8 Å². The lowest BCUT2D eigenvalue weighted by Crippen LogP contribution is -2.04. The minimum atomic E-state index is -0.311. The van der Waals surface area contributed by atoms with Gasteiger partial charge in [-0.3, -0.25) is 0 Å². The summed E-state index contributed by atoms with van der Waals surface area (Å²) in [7, 11) is -0.311. The van der Waals surface area contributed by atoms with E-state index in [1.54, 1.807) is 23.5 Å². The summed E-state index contributed by atoms with van der Waals surface area (Å²) in [5.41, 5.74) is 4.93. The minimum Gasteiger partial charge on any atom is -0.457 e. The van der Waals surface area contributed by atoms with Crippen molar-refractivity contribution in [2.75, 3.05) is 0 Å². The Labute approximate surface area is 331 Å². The molecule has 0 aliphatic heterocycles. The molecule has 8 aromatic carbocycles. The molecule has 8 rings (SSSR count). The van der Waals surface area contributed by atoms with Gasteiger partial charge in [0.15, 0.2) is 14.7 Å². The minimum absolute atomic E-state index is 0.311. The molecule has 8 aromatic rings. The van der Waals surface area contributed by atoms with Crippen LogP contribution < -0.4 is 4.74 Å². The van der Waals surface area contributed by atoms with E-state index in [-0.39, 0.29) is 10.9 Å². The van der Waals surface area contributed by atoms with Gasteiger partial charge in [-0.25, -0.2) is 0 Å². The zero-order valence-corrected chi connectivity index (χ0v) is 32.7. The summed E-state index contributed by atoms with van der Waals surface area (Å²) in [6.07, 6.45) is 0. The van der Waals surface area contributed by atoms with Crippen molar-refractivity contribution in [2.45, 2.75) is 34.3 Å². The molecule has 5 heteroatoms. The lowest BCUT2D eigenvalue weighted by molar-refractivity contribution is 0.482. The quantitative estimate of drug-likeness (QED) is 0.121. The van der Waals surface area contributed by atoms with E-state index in [2.05, 4.69) is 198 Å². The molecule has 0 radical (unpaired) electrons. The third kappa shape index (κ3) is 9.01. The van der Waals surface area contributed by atoms with E-state index in [1.165, 1.54) is 56.5 Å².